The molecule has 0 spiro atoms. The fourth-order valence-corrected chi connectivity index (χ4v) is 2.18. The van der Waals surface area contributed by atoms with Crippen LogP contribution in [0.5, 0.6) is 0 Å². The van der Waals surface area contributed by atoms with E-state index in [1.54, 1.807) is 0 Å². The number of benzene rings is 1. The third-order valence-corrected chi connectivity index (χ3v) is 3.66. The molecule has 77 valence electrons. The van der Waals surface area contributed by atoms with Gasteiger partial charge in [0.15, 0.2) is 0 Å². The molecule has 1 radical (unpaired) electrons. The first-order valence-electron chi connectivity index (χ1n) is 5.15. The van der Waals surface area contributed by atoms with Crippen molar-refractivity contribution in [2.45, 2.75) is 20.3 Å². The van der Waals surface area contributed by atoms with E-state index < -0.39 is 0 Å². The quantitative estimate of drug-likeness (QED) is 0.690. The minimum absolute atomic E-state index is 1.02. The second kappa shape index (κ2) is 4.36. The smallest absolute Gasteiger partial charge is 0.0167 e. The van der Waals surface area contributed by atoms with Crippen LogP contribution in [-0.4, -0.2) is 0 Å². The van der Waals surface area contributed by atoms with Crippen molar-refractivity contribution >= 4 is 21.5 Å². The van der Waals surface area contributed by atoms with E-state index in [1.165, 1.54) is 26.8 Å². The van der Waals surface area contributed by atoms with E-state index in [-0.39, 0.29) is 0 Å². The van der Waals surface area contributed by atoms with Gasteiger partial charge in [-0.25, -0.2) is 0 Å². The average molecular weight is 262 g/mol. The van der Waals surface area contributed by atoms with Crippen LogP contribution in [-0.2, 0) is 0 Å². The average Bonchev–Trinajstić information content (AvgIpc) is 2.24. The van der Waals surface area contributed by atoms with E-state index in [2.05, 4.69) is 66.5 Å². The van der Waals surface area contributed by atoms with E-state index in [0.717, 1.165) is 6.42 Å². The molecule has 1 aromatic rings. The van der Waals surface area contributed by atoms with Crippen LogP contribution in [0.2, 0.25) is 0 Å². The molecule has 0 heterocycles. The first-order chi connectivity index (χ1) is 7.18. The highest BCUT2D eigenvalue weighted by atomic mass is 79.9. The van der Waals surface area contributed by atoms with Gasteiger partial charge in [0.1, 0.15) is 0 Å². The predicted octanol–water partition coefficient (Wildman–Crippen LogP) is 4.66. The molecule has 0 saturated carbocycles. The summed E-state index contributed by atoms with van der Waals surface area (Å²) in [5.74, 6) is 0. The molecule has 0 N–H and O–H groups in total. The monoisotopic (exact) mass is 261 g/mol. The van der Waals surface area contributed by atoms with Crippen LogP contribution in [0.1, 0.15) is 24.5 Å². The Morgan fingerprint density at radius 1 is 1.07 bits per heavy atom. The van der Waals surface area contributed by atoms with Gasteiger partial charge in [-0.15, -0.1) is 0 Å². The van der Waals surface area contributed by atoms with Gasteiger partial charge in [0.2, 0.25) is 0 Å². The Morgan fingerprint density at radius 3 is 2.40 bits per heavy atom. The van der Waals surface area contributed by atoms with Gasteiger partial charge >= 0.3 is 0 Å². The topological polar surface area (TPSA) is 0 Å². The number of allylic oxidation sites excluding steroid dienone is 4. The normalized spacial score (nSPS) is 16.6. The van der Waals surface area contributed by atoms with Crippen molar-refractivity contribution in [2.24, 2.45) is 0 Å². The number of rotatable bonds is 1. The zero-order valence-electron chi connectivity index (χ0n) is 9.05. The largest absolute Gasteiger partial charge is 0.0694 e. The highest BCUT2D eigenvalue weighted by Crippen LogP contribution is 2.34. The number of aryl methyl sites for hydroxylation is 1. The van der Waals surface area contributed by atoms with Crippen LogP contribution in [0.3, 0.4) is 0 Å². The van der Waals surface area contributed by atoms with Crippen LogP contribution >= 0.6 is 15.9 Å². The molecule has 0 nitrogen and oxygen atoms in total. The van der Waals surface area contributed by atoms with E-state index >= 15 is 0 Å². The lowest BCUT2D eigenvalue weighted by Crippen LogP contribution is -1.95. The Labute approximate surface area is 99.8 Å². The van der Waals surface area contributed by atoms with Gasteiger partial charge in [-0.05, 0) is 43.4 Å². The van der Waals surface area contributed by atoms with Crippen molar-refractivity contribution in [3.05, 3.63) is 57.9 Å². The lowest BCUT2D eigenvalue weighted by Gasteiger charge is -2.16. The first kappa shape index (κ1) is 10.7. The fraction of sp³-hybridized carbons (Fsp3) is 0.214. The molecule has 0 aromatic heterocycles. The molecule has 1 aliphatic rings. The van der Waals surface area contributed by atoms with E-state index in [9.17, 15) is 0 Å². The Morgan fingerprint density at radius 2 is 1.73 bits per heavy atom. The molecule has 1 heteroatoms. The van der Waals surface area contributed by atoms with Crippen LogP contribution in [0.25, 0.3) is 5.57 Å². The van der Waals surface area contributed by atoms with Gasteiger partial charge < -0.3 is 0 Å². The Bertz CT molecular complexity index is 421. The molecule has 0 fully saturated rings. The van der Waals surface area contributed by atoms with Crippen LogP contribution in [0, 0.1) is 13.3 Å². The minimum atomic E-state index is 1.02. The summed E-state index contributed by atoms with van der Waals surface area (Å²) in [5.41, 5.74) is 5.29. The van der Waals surface area contributed by atoms with Gasteiger partial charge in [0, 0.05) is 4.48 Å². The maximum Gasteiger partial charge on any atom is 0.0167 e. The summed E-state index contributed by atoms with van der Waals surface area (Å²) in [6, 6.07) is 8.71. The summed E-state index contributed by atoms with van der Waals surface area (Å²) in [5, 5.41) is 0. The van der Waals surface area contributed by atoms with Crippen LogP contribution < -0.4 is 0 Å². The lowest BCUT2D eigenvalue weighted by molar-refractivity contribution is 1.23. The molecule has 2 rings (SSSR count). The summed E-state index contributed by atoms with van der Waals surface area (Å²) in [7, 11) is 0. The molecule has 15 heavy (non-hydrogen) atoms. The molecule has 1 aliphatic carbocycles. The summed E-state index contributed by atoms with van der Waals surface area (Å²) < 4.78 is 1.22. The number of hydrogen-bond donors (Lipinski definition) is 0. The standard InChI is InChI=1S/C14H14Br/c1-10-6-8-12(9-7-10)13-4-3-5-14(15)11(13)2/h4-9H,3H2,1-2H3. The van der Waals surface area contributed by atoms with Crippen molar-refractivity contribution in [3.8, 4) is 0 Å². The maximum atomic E-state index is 3.59. The summed E-state index contributed by atoms with van der Waals surface area (Å²) in [4.78, 5) is 0. The zero-order valence-corrected chi connectivity index (χ0v) is 10.6. The third kappa shape index (κ3) is 2.23. The SMILES string of the molecule is CC1=C(c2ccc(C)cc2)[CH]CC=C1Br. The fourth-order valence-electron chi connectivity index (χ4n) is 1.78. The number of halogens is 1. The van der Waals surface area contributed by atoms with Gasteiger partial charge in [0.25, 0.3) is 0 Å². The second-order valence-electron chi connectivity index (χ2n) is 3.90. The minimum Gasteiger partial charge on any atom is -0.0694 e. The molecule has 0 saturated heterocycles. The van der Waals surface area contributed by atoms with E-state index in [0.29, 0.717) is 0 Å². The van der Waals surface area contributed by atoms with E-state index in [1.807, 2.05) is 0 Å². The molecule has 0 unspecified atom stereocenters. The van der Waals surface area contributed by atoms with Crippen molar-refractivity contribution in [2.75, 3.05) is 0 Å². The molecular formula is C14H14Br. The van der Waals surface area contributed by atoms with E-state index in [4.69, 9.17) is 0 Å². The highest BCUT2D eigenvalue weighted by Gasteiger charge is 2.11. The van der Waals surface area contributed by atoms with Gasteiger partial charge in [0.05, 0.1) is 0 Å². The Hall–Kier alpha value is -0.820. The van der Waals surface area contributed by atoms with Gasteiger partial charge in [-0.2, -0.15) is 0 Å². The summed E-state index contributed by atoms with van der Waals surface area (Å²) in [6.45, 7) is 4.27. The third-order valence-electron chi connectivity index (χ3n) is 2.74. The zero-order chi connectivity index (χ0) is 10.8. The molecule has 0 atom stereocenters. The van der Waals surface area contributed by atoms with Crippen molar-refractivity contribution < 1.29 is 0 Å². The van der Waals surface area contributed by atoms with Crippen LogP contribution in [0.15, 0.2) is 40.4 Å². The predicted molar refractivity (Wildman–Crippen MR) is 69.7 cm³/mol. The highest BCUT2D eigenvalue weighted by molar-refractivity contribution is 9.12. The molecule has 0 aliphatic heterocycles. The Balaban J connectivity index is 2.42. The second-order valence-corrected chi connectivity index (χ2v) is 4.75. The molecule has 1 aromatic carbocycles. The molecule has 0 bridgehead atoms. The summed E-state index contributed by atoms with van der Waals surface area (Å²) in [6.07, 6.45) is 5.50. The maximum absolute atomic E-state index is 3.59. The van der Waals surface area contributed by atoms with Crippen molar-refractivity contribution in [1.82, 2.24) is 0 Å². The lowest BCUT2D eigenvalue weighted by atomic mass is 9.92. The Kier molecular flexibility index (Phi) is 3.11. The molecular weight excluding hydrogens is 248 g/mol. The summed E-state index contributed by atoms with van der Waals surface area (Å²) >= 11 is 3.59. The van der Waals surface area contributed by atoms with Gasteiger partial charge in [-0.3, -0.25) is 0 Å². The van der Waals surface area contributed by atoms with Crippen LogP contribution in [0.4, 0.5) is 0 Å². The number of hydrogen-bond acceptors (Lipinski definition) is 0. The van der Waals surface area contributed by atoms with Crippen molar-refractivity contribution in [3.63, 3.8) is 0 Å². The van der Waals surface area contributed by atoms with Crippen molar-refractivity contribution in [1.29, 1.82) is 0 Å². The molecule has 0 amide bonds. The van der Waals surface area contributed by atoms with Gasteiger partial charge in [-0.1, -0.05) is 51.8 Å². The first-order valence-corrected chi connectivity index (χ1v) is 5.95.